The quantitative estimate of drug-likeness (QED) is 0.632. The molecule has 0 saturated carbocycles. The van der Waals surface area contributed by atoms with E-state index in [-0.39, 0.29) is 5.60 Å². The minimum Gasteiger partial charge on any atom is -0.498 e. The lowest BCUT2D eigenvalue weighted by molar-refractivity contribution is 0.0817. The Hall–Kier alpha value is -3.65. The van der Waals surface area contributed by atoms with E-state index in [1.807, 2.05) is 18.3 Å². The lowest BCUT2D eigenvalue weighted by Gasteiger charge is -2.40. The van der Waals surface area contributed by atoms with Crippen LogP contribution in [0.3, 0.4) is 0 Å². The summed E-state index contributed by atoms with van der Waals surface area (Å²) in [6.45, 7) is 4.98. The average molecular weight is 457 g/mol. The number of rotatable bonds is 5. The molecule has 0 atom stereocenters. The van der Waals surface area contributed by atoms with Crippen LogP contribution in [-0.4, -0.2) is 63.5 Å². The van der Waals surface area contributed by atoms with Gasteiger partial charge in [-0.05, 0) is 47.6 Å². The zero-order valence-electron chi connectivity index (χ0n) is 19.1. The molecule has 4 heterocycles. The lowest BCUT2D eigenvalue weighted by Crippen LogP contribution is -2.46. The molecule has 174 valence electrons. The monoisotopic (exact) mass is 456 g/mol. The topological polar surface area (TPSA) is 77.3 Å². The van der Waals surface area contributed by atoms with Gasteiger partial charge in [0.2, 0.25) is 5.82 Å². The van der Waals surface area contributed by atoms with Crippen LogP contribution in [0, 0.1) is 0 Å². The van der Waals surface area contributed by atoms with Crippen molar-refractivity contribution in [1.82, 2.24) is 30.4 Å². The molecule has 8 heteroatoms. The normalized spacial score (nSPS) is 18.7. The predicted octanol–water partition coefficient (Wildman–Crippen LogP) is 3.09. The first-order valence-corrected chi connectivity index (χ1v) is 11.9. The van der Waals surface area contributed by atoms with Gasteiger partial charge in [0.1, 0.15) is 18.0 Å². The fourth-order valence-corrected chi connectivity index (χ4v) is 4.83. The van der Waals surface area contributed by atoms with E-state index in [1.54, 1.807) is 11.1 Å². The molecule has 1 spiro atoms. The molecule has 2 aromatic carbocycles. The maximum absolute atomic E-state index is 6.54. The van der Waals surface area contributed by atoms with Gasteiger partial charge in [0.25, 0.3) is 0 Å². The maximum Gasteiger partial charge on any atom is 0.204 e. The van der Waals surface area contributed by atoms with E-state index < -0.39 is 0 Å². The number of aromatic nitrogens is 4. The van der Waals surface area contributed by atoms with Crippen LogP contribution in [0.5, 0.6) is 5.75 Å². The summed E-state index contributed by atoms with van der Waals surface area (Å²) >= 11 is 0. The number of piperidine rings is 1. The van der Waals surface area contributed by atoms with Gasteiger partial charge in [-0.15, -0.1) is 10.2 Å². The summed E-state index contributed by atoms with van der Waals surface area (Å²) in [7, 11) is 0. The third-order valence-corrected chi connectivity index (χ3v) is 6.68. The van der Waals surface area contributed by atoms with Crippen LogP contribution in [0.2, 0.25) is 0 Å². The van der Waals surface area contributed by atoms with Crippen molar-refractivity contribution < 1.29 is 9.47 Å². The van der Waals surface area contributed by atoms with Gasteiger partial charge in [-0.1, -0.05) is 36.4 Å². The van der Waals surface area contributed by atoms with E-state index in [0.717, 1.165) is 61.5 Å². The van der Waals surface area contributed by atoms with Gasteiger partial charge in [0.05, 0.1) is 19.4 Å². The summed E-state index contributed by atoms with van der Waals surface area (Å²) in [4.78, 5) is 3.86. The molecule has 0 amide bonds. The van der Waals surface area contributed by atoms with Gasteiger partial charge >= 0.3 is 0 Å². The number of para-hydroxylation sites is 1. The van der Waals surface area contributed by atoms with E-state index in [1.165, 1.54) is 5.57 Å². The molecule has 1 saturated heterocycles. The number of nitrogens with zero attached hydrogens (tertiary/aromatic N) is 5. The van der Waals surface area contributed by atoms with E-state index >= 15 is 0 Å². The van der Waals surface area contributed by atoms with Crippen molar-refractivity contribution in [3.8, 4) is 17.1 Å². The third kappa shape index (κ3) is 4.17. The largest absolute Gasteiger partial charge is 0.498 e. The molecular weight excluding hydrogens is 428 g/mol. The van der Waals surface area contributed by atoms with Gasteiger partial charge in [-0.3, -0.25) is 0 Å². The zero-order valence-corrected chi connectivity index (χ0v) is 19.1. The Morgan fingerprint density at radius 1 is 1.00 bits per heavy atom. The Bertz CT molecular complexity index is 1230. The number of fused-ring (bicyclic) bond motifs is 1. The molecule has 3 aromatic rings. The van der Waals surface area contributed by atoms with Crippen molar-refractivity contribution in [1.29, 1.82) is 0 Å². The second-order valence-electron chi connectivity index (χ2n) is 8.95. The number of nitrogens with one attached hydrogen (secondary N) is 1. The predicted molar refractivity (Wildman–Crippen MR) is 129 cm³/mol. The Morgan fingerprint density at radius 3 is 2.76 bits per heavy atom. The first kappa shape index (κ1) is 20.9. The number of hydrogen-bond acceptors (Lipinski definition) is 7. The first-order valence-electron chi connectivity index (χ1n) is 11.9. The molecule has 1 N–H and O–H groups in total. The molecule has 0 radical (unpaired) electrons. The molecule has 8 nitrogen and oxygen atoms in total. The summed E-state index contributed by atoms with van der Waals surface area (Å²) in [5.74, 6) is 1.59. The van der Waals surface area contributed by atoms with Crippen molar-refractivity contribution in [2.24, 2.45) is 0 Å². The second-order valence-corrected chi connectivity index (χ2v) is 8.95. The first-order chi connectivity index (χ1) is 16.8. The zero-order chi connectivity index (χ0) is 22.8. The van der Waals surface area contributed by atoms with Crippen LogP contribution < -0.4 is 10.1 Å². The highest BCUT2D eigenvalue weighted by molar-refractivity contribution is 5.86. The highest BCUT2D eigenvalue weighted by atomic mass is 16.5. The highest BCUT2D eigenvalue weighted by Crippen LogP contribution is 2.42. The smallest absolute Gasteiger partial charge is 0.204 e. The van der Waals surface area contributed by atoms with Crippen LogP contribution in [0.1, 0.15) is 24.0 Å². The van der Waals surface area contributed by atoms with Crippen molar-refractivity contribution in [2.75, 3.05) is 32.8 Å². The second kappa shape index (κ2) is 8.95. The van der Waals surface area contributed by atoms with E-state index in [9.17, 15) is 0 Å². The van der Waals surface area contributed by atoms with Crippen molar-refractivity contribution in [3.05, 3.63) is 78.2 Å². The van der Waals surface area contributed by atoms with Gasteiger partial charge in [-0.25, -0.2) is 0 Å². The summed E-state index contributed by atoms with van der Waals surface area (Å²) in [5, 5.41) is 16.7. The van der Waals surface area contributed by atoms with E-state index in [4.69, 9.17) is 9.47 Å². The van der Waals surface area contributed by atoms with Crippen molar-refractivity contribution >= 4 is 5.57 Å². The van der Waals surface area contributed by atoms with Gasteiger partial charge < -0.3 is 19.7 Å². The standard InChI is InChI=1S/C26H28N6O2/c1-2-7-24-22(6-1)23(19-26(34-24)8-10-27-11-9-26)20-4-3-5-21(18-20)25-28-30-32(29-25)13-12-31-14-16-33-17-15-31/h1-7,14,16,18-19,27H,8-13,15,17H2. The molecule has 34 heavy (non-hydrogen) atoms. The summed E-state index contributed by atoms with van der Waals surface area (Å²) in [5.41, 5.74) is 4.16. The van der Waals surface area contributed by atoms with Crippen LogP contribution in [0.25, 0.3) is 17.0 Å². The fraction of sp³-hybridized carbons (Fsp3) is 0.346. The molecule has 6 rings (SSSR count). The van der Waals surface area contributed by atoms with Gasteiger partial charge in [0.15, 0.2) is 0 Å². The molecule has 0 bridgehead atoms. The Kier molecular flexibility index (Phi) is 5.50. The summed E-state index contributed by atoms with van der Waals surface area (Å²) in [6.07, 6.45) is 7.93. The van der Waals surface area contributed by atoms with Crippen LogP contribution in [0.4, 0.5) is 0 Å². The van der Waals surface area contributed by atoms with Crippen LogP contribution >= 0.6 is 0 Å². The van der Waals surface area contributed by atoms with Gasteiger partial charge in [0, 0.05) is 36.7 Å². The maximum atomic E-state index is 6.54. The minimum absolute atomic E-state index is 0.264. The van der Waals surface area contributed by atoms with Crippen LogP contribution in [-0.2, 0) is 11.3 Å². The fourth-order valence-electron chi connectivity index (χ4n) is 4.83. The molecule has 3 aliphatic rings. The molecule has 1 aromatic heterocycles. The third-order valence-electron chi connectivity index (χ3n) is 6.68. The Labute approximate surface area is 198 Å². The van der Waals surface area contributed by atoms with Gasteiger partial charge in [-0.2, -0.15) is 4.80 Å². The highest BCUT2D eigenvalue weighted by Gasteiger charge is 2.37. The number of tetrazole rings is 1. The SMILES string of the molecule is C1=CN(CCn2nnc(-c3cccc(C4=CC5(CCNCC5)Oc5ccccc54)c3)n2)CCO1. The molecule has 3 aliphatic heterocycles. The Morgan fingerprint density at radius 2 is 1.88 bits per heavy atom. The molecule has 0 unspecified atom stereocenters. The minimum atomic E-state index is -0.264. The summed E-state index contributed by atoms with van der Waals surface area (Å²) < 4.78 is 11.8. The number of benzene rings is 2. The number of ether oxygens (including phenoxy) is 2. The summed E-state index contributed by atoms with van der Waals surface area (Å²) in [6, 6.07) is 16.7. The Balaban J connectivity index is 1.28. The van der Waals surface area contributed by atoms with Crippen molar-refractivity contribution in [2.45, 2.75) is 25.0 Å². The van der Waals surface area contributed by atoms with E-state index in [2.05, 4.69) is 68.1 Å². The lowest BCUT2D eigenvalue weighted by atomic mass is 9.83. The molecular formula is C26H28N6O2. The van der Waals surface area contributed by atoms with E-state index in [0.29, 0.717) is 19.0 Å². The average Bonchev–Trinajstić information content (AvgIpc) is 3.37. The number of hydrogen-bond donors (Lipinski definition) is 1. The molecule has 0 aliphatic carbocycles. The van der Waals surface area contributed by atoms with Crippen LogP contribution in [0.15, 0.2) is 67.1 Å². The van der Waals surface area contributed by atoms with Crippen molar-refractivity contribution in [3.63, 3.8) is 0 Å². The molecule has 1 fully saturated rings.